The summed E-state index contributed by atoms with van der Waals surface area (Å²) >= 11 is 12.7. The summed E-state index contributed by atoms with van der Waals surface area (Å²) in [6.07, 6.45) is 1.51. The van der Waals surface area contributed by atoms with E-state index >= 15 is 0 Å². The molecule has 2 aromatic carbocycles. The highest BCUT2D eigenvalue weighted by Gasteiger charge is 2.64. The number of rotatable bonds is 5. The monoisotopic (exact) mass is 589 g/mol. The molecule has 0 bridgehead atoms. The predicted octanol–water partition coefficient (Wildman–Crippen LogP) is 7.13. The second-order valence-corrected chi connectivity index (χ2v) is 11.8. The van der Waals surface area contributed by atoms with Crippen LogP contribution in [0.4, 0.5) is 11.4 Å². The fourth-order valence-electron chi connectivity index (χ4n) is 5.98. The molecule has 0 unspecified atom stereocenters. The lowest BCUT2D eigenvalue weighted by atomic mass is 9.86. The zero-order chi connectivity index (χ0) is 29.4. The highest BCUT2D eigenvalue weighted by atomic mass is 35.5. The topological polar surface area (TPSA) is 89.3 Å². The Morgan fingerprint density at radius 2 is 1.76 bits per heavy atom. The van der Waals surface area contributed by atoms with Crippen LogP contribution in [-0.2, 0) is 10.3 Å². The molecule has 41 heavy (non-hydrogen) atoms. The molecule has 2 amide bonds. The number of aryl methyl sites for hydroxylation is 1. The Morgan fingerprint density at radius 1 is 1.00 bits per heavy atom. The maximum Gasteiger partial charge on any atom is 0.280 e. The quantitative estimate of drug-likeness (QED) is 0.267. The number of methoxy groups -OCH3 is 1. The van der Waals surface area contributed by atoms with Crippen molar-refractivity contribution < 1.29 is 14.3 Å². The minimum absolute atomic E-state index is 0.178. The Balaban J connectivity index is 1.72. The standard InChI is InChI=1S/C31H29Cl2N5O3/c1-15(2)18-7-9-21(25(11-18)41-6)28-36-26-27(37(28)16(3)4)31(22-10-8-19(32)12-23(22)35-30(31)40)38(29(26)39)24-13-20(33)14-34-17(24)5/h7-16H,1-6H3,(H,35,40)/t31-/m1/s1. The van der Waals surface area contributed by atoms with Crippen LogP contribution >= 0.6 is 23.2 Å². The number of fused-ring (bicyclic) bond motifs is 4. The van der Waals surface area contributed by atoms with E-state index < -0.39 is 17.4 Å². The van der Waals surface area contributed by atoms with Gasteiger partial charge in [-0.05, 0) is 62.6 Å². The molecule has 0 radical (unpaired) electrons. The van der Waals surface area contributed by atoms with Crippen LogP contribution in [0.15, 0.2) is 48.7 Å². The number of nitrogens with one attached hydrogen (secondary N) is 1. The minimum atomic E-state index is -1.58. The summed E-state index contributed by atoms with van der Waals surface area (Å²) in [5.41, 5.74) is 3.01. The van der Waals surface area contributed by atoms with Crippen LogP contribution in [-0.4, -0.2) is 33.5 Å². The van der Waals surface area contributed by atoms with Crippen molar-refractivity contribution in [3.05, 3.63) is 86.9 Å². The number of benzene rings is 2. The largest absolute Gasteiger partial charge is 0.496 e. The fourth-order valence-corrected chi connectivity index (χ4v) is 6.30. The third-order valence-electron chi connectivity index (χ3n) is 7.86. The van der Waals surface area contributed by atoms with E-state index in [2.05, 4.69) is 24.1 Å². The Kier molecular flexibility index (Phi) is 6.39. The van der Waals surface area contributed by atoms with Crippen molar-refractivity contribution in [1.82, 2.24) is 14.5 Å². The van der Waals surface area contributed by atoms with Crippen LogP contribution in [0.5, 0.6) is 5.75 Å². The Morgan fingerprint density at radius 3 is 2.44 bits per heavy atom. The number of hydrogen-bond acceptors (Lipinski definition) is 5. The van der Waals surface area contributed by atoms with Gasteiger partial charge < -0.3 is 14.6 Å². The molecule has 8 nitrogen and oxygen atoms in total. The molecule has 210 valence electrons. The molecule has 1 atom stereocenters. The summed E-state index contributed by atoms with van der Waals surface area (Å²) in [6, 6.07) is 12.7. The van der Waals surface area contributed by atoms with Gasteiger partial charge in [-0.3, -0.25) is 19.5 Å². The first kappa shape index (κ1) is 27.3. The number of imidazole rings is 1. The zero-order valence-corrected chi connectivity index (χ0v) is 25.1. The molecule has 1 N–H and O–H groups in total. The van der Waals surface area contributed by atoms with E-state index in [1.165, 1.54) is 11.1 Å². The summed E-state index contributed by atoms with van der Waals surface area (Å²) in [7, 11) is 1.62. The zero-order valence-electron chi connectivity index (χ0n) is 23.5. The van der Waals surface area contributed by atoms with Gasteiger partial charge in [-0.2, -0.15) is 0 Å². The average molecular weight is 591 g/mol. The molecule has 2 aromatic heterocycles. The first-order valence-corrected chi connectivity index (χ1v) is 14.1. The van der Waals surface area contributed by atoms with E-state index in [-0.39, 0.29) is 11.7 Å². The van der Waals surface area contributed by atoms with Gasteiger partial charge in [-0.15, -0.1) is 0 Å². The number of aromatic nitrogens is 3. The van der Waals surface area contributed by atoms with Gasteiger partial charge in [0.1, 0.15) is 11.6 Å². The molecule has 2 aliphatic heterocycles. The first-order chi connectivity index (χ1) is 19.5. The molecular weight excluding hydrogens is 561 g/mol. The number of amides is 2. The molecule has 0 saturated carbocycles. The van der Waals surface area contributed by atoms with Crippen molar-refractivity contribution in [3.63, 3.8) is 0 Å². The van der Waals surface area contributed by atoms with Crippen molar-refractivity contribution in [1.29, 1.82) is 0 Å². The van der Waals surface area contributed by atoms with Crippen LogP contribution < -0.4 is 15.0 Å². The minimum Gasteiger partial charge on any atom is -0.496 e. The van der Waals surface area contributed by atoms with Crippen molar-refractivity contribution >= 4 is 46.4 Å². The molecule has 0 fully saturated rings. The smallest absolute Gasteiger partial charge is 0.280 e. The maximum absolute atomic E-state index is 14.5. The second kappa shape index (κ2) is 9.60. The average Bonchev–Trinajstić information content (AvgIpc) is 3.53. The number of hydrogen-bond donors (Lipinski definition) is 1. The molecular formula is C31H29Cl2N5O3. The number of ether oxygens (including phenoxy) is 1. The highest BCUT2D eigenvalue weighted by molar-refractivity contribution is 6.32. The summed E-state index contributed by atoms with van der Waals surface area (Å²) < 4.78 is 7.78. The Hall–Kier alpha value is -3.88. The van der Waals surface area contributed by atoms with E-state index in [1.807, 2.05) is 36.6 Å². The van der Waals surface area contributed by atoms with E-state index in [0.717, 1.165) is 11.1 Å². The number of nitrogens with zero attached hydrogens (tertiary/aromatic N) is 4. The Labute approximate surface area is 248 Å². The normalized spacial score (nSPS) is 17.6. The number of pyridine rings is 1. The van der Waals surface area contributed by atoms with Crippen LogP contribution in [0, 0.1) is 6.92 Å². The third-order valence-corrected chi connectivity index (χ3v) is 8.30. The summed E-state index contributed by atoms with van der Waals surface area (Å²) in [6.45, 7) is 10.0. The summed E-state index contributed by atoms with van der Waals surface area (Å²) in [4.78, 5) is 39.7. The van der Waals surface area contributed by atoms with Gasteiger partial charge in [-0.1, -0.05) is 49.2 Å². The molecule has 4 heterocycles. The van der Waals surface area contributed by atoms with Gasteiger partial charge in [-0.25, -0.2) is 4.98 Å². The van der Waals surface area contributed by atoms with Crippen molar-refractivity contribution in [2.75, 3.05) is 17.3 Å². The summed E-state index contributed by atoms with van der Waals surface area (Å²) in [5, 5.41) is 3.79. The molecule has 2 aliphatic rings. The Bertz CT molecular complexity index is 1760. The van der Waals surface area contributed by atoms with Crippen molar-refractivity contribution in [2.24, 2.45) is 0 Å². The first-order valence-electron chi connectivity index (χ1n) is 13.4. The second-order valence-electron chi connectivity index (χ2n) is 11.0. The number of carbonyl (C=O) groups is 2. The van der Waals surface area contributed by atoms with Gasteiger partial charge in [0, 0.05) is 28.5 Å². The van der Waals surface area contributed by atoms with Crippen LogP contribution in [0.1, 0.15) is 72.7 Å². The van der Waals surface area contributed by atoms with Crippen molar-refractivity contribution in [2.45, 2.75) is 52.1 Å². The van der Waals surface area contributed by atoms with Gasteiger partial charge in [0.05, 0.1) is 34.8 Å². The highest BCUT2D eigenvalue weighted by Crippen LogP contribution is 2.55. The van der Waals surface area contributed by atoms with Gasteiger partial charge in [0.25, 0.3) is 11.8 Å². The van der Waals surface area contributed by atoms with Crippen LogP contribution in [0.2, 0.25) is 10.0 Å². The molecule has 4 aromatic rings. The number of carbonyl (C=O) groups excluding carboxylic acids is 2. The van der Waals surface area contributed by atoms with E-state index in [0.29, 0.717) is 55.9 Å². The lowest BCUT2D eigenvalue weighted by molar-refractivity contribution is -0.119. The number of halogens is 2. The van der Waals surface area contributed by atoms with E-state index in [4.69, 9.17) is 32.9 Å². The number of anilines is 2. The fraction of sp³-hybridized carbons (Fsp3) is 0.290. The van der Waals surface area contributed by atoms with Gasteiger partial charge in [0.2, 0.25) is 0 Å². The van der Waals surface area contributed by atoms with Gasteiger partial charge in [0.15, 0.2) is 11.2 Å². The molecule has 0 aliphatic carbocycles. The molecule has 0 saturated heterocycles. The van der Waals surface area contributed by atoms with E-state index in [1.54, 1.807) is 38.3 Å². The molecule has 6 rings (SSSR count). The van der Waals surface area contributed by atoms with Crippen LogP contribution in [0.3, 0.4) is 0 Å². The lowest BCUT2D eigenvalue weighted by Crippen LogP contribution is -2.51. The maximum atomic E-state index is 14.5. The summed E-state index contributed by atoms with van der Waals surface area (Å²) in [5.74, 6) is 0.658. The van der Waals surface area contributed by atoms with E-state index in [9.17, 15) is 9.59 Å². The molecule has 1 spiro atoms. The SMILES string of the molecule is COc1cc(C(C)C)ccc1-c1nc2c(n1C(C)C)[C@]1(C(=O)Nc3cc(Cl)ccc31)N(c1cc(Cl)cnc1C)C2=O. The lowest BCUT2D eigenvalue weighted by Gasteiger charge is -2.36. The van der Waals surface area contributed by atoms with Gasteiger partial charge >= 0.3 is 0 Å². The third kappa shape index (κ3) is 3.81. The van der Waals surface area contributed by atoms with Crippen molar-refractivity contribution in [3.8, 4) is 17.1 Å². The molecule has 10 heteroatoms. The van der Waals surface area contributed by atoms with Crippen LogP contribution in [0.25, 0.3) is 11.4 Å². The predicted molar refractivity (Wildman–Crippen MR) is 160 cm³/mol.